The van der Waals surface area contributed by atoms with E-state index in [1.54, 1.807) is 0 Å². The molecule has 0 aliphatic carbocycles. The fourth-order valence-electron chi connectivity index (χ4n) is 1.66. The Morgan fingerprint density at radius 3 is 2.88 bits per heavy atom. The molecule has 0 amide bonds. The van der Waals surface area contributed by atoms with Gasteiger partial charge in [0.2, 0.25) is 0 Å². The molecule has 0 atom stereocenters. The van der Waals surface area contributed by atoms with Gasteiger partial charge in [-0.25, -0.2) is 4.98 Å². The van der Waals surface area contributed by atoms with Crippen molar-refractivity contribution in [1.29, 1.82) is 0 Å². The molecular formula is C12H14ClN3. The number of rotatable bonds is 4. The fraction of sp³-hybridized carbons (Fsp3) is 0.250. The Balaban J connectivity index is 2.20. The lowest BCUT2D eigenvalue weighted by Gasteiger charge is -2.08. The van der Waals surface area contributed by atoms with Gasteiger partial charge in [0.15, 0.2) is 0 Å². The van der Waals surface area contributed by atoms with Gasteiger partial charge in [-0.3, -0.25) is 0 Å². The summed E-state index contributed by atoms with van der Waals surface area (Å²) in [6, 6.07) is 7.84. The van der Waals surface area contributed by atoms with Crippen LogP contribution in [-0.4, -0.2) is 16.1 Å². The molecule has 84 valence electrons. The highest BCUT2D eigenvalue weighted by atomic mass is 35.5. The number of benzene rings is 1. The van der Waals surface area contributed by atoms with Crippen LogP contribution < -0.4 is 5.73 Å². The van der Waals surface area contributed by atoms with Crippen molar-refractivity contribution in [2.24, 2.45) is 5.73 Å². The van der Waals surface area contributed by atoms with Crippen LogP contribution in [0.5, 0.6) is 0 Å². The van der Waals surface area contributed by atoms with Crippen LogP contribution in [0.25, 0.3) is 0 Å². The second kappa shape index (κ2) is 5.14. The summed E-state index contributed by atoms with van der Waals surface area (Å²) in [4.78, 5) is 4.13. The first-order valence-corrected chi connectivity index (χ1v) is 5.61. The molecule has 0 spiro atoms. The van der Waals surface area contributed by atoms with Crippen LogP contribution in [0.4, 0.5) is 0 Å². The van der Waals surface area contributed by atoms with Gasteiger partial charge in [0.25, 0.3) is 0 Å². The van der Waals surface area contributed by atoms with Crippen LogP contribution in [0, 0.1) is 0 Å². The van der Waals surface area contributed by atoms with Crippen molar-refractivity contribution in [3.8, 4) is 0 Å². The number of aromatic nitrogens is 2. The first-order chi connectivity index (χ1) is 7.81. The van der Waals surface area contributed by atoms with Gasteiger partial charge >= 0.3 is 0 Å². The zero-order chi connectivity index (χ0) is 11.4. The summed E-state index contributed by atoms with van der Waals surface area (Å²) in [6.07, 6.45) is 4.50. The lowest BCUT2D eigenvalue weighted by molar-refractivity contribution is 0.733. The highest BCUT2D eigenvalue weighted by Crippen LogP contribution is 2.16. The van der Waals surface area contributed by atoms with Crippen molar-refractivity contribution in [2.75, 3.05) is 6.54 Å². The van der Waals surface area contributed by atoms with Crippen molar-refractivity contribution in [2.45, 2.75) is 13.0 Å². The third-order valence-corrected chi connectivity index (χ3v) is 2.87. The quantitative estimate of drug-likeness (QED) is 0.882. The van der Waals surface area contributed by atoms with Crippen LogP contribution >= 0.6 is 11.6 Å². The summed E-state index contributed by atoms with van der Waals surface area (Å²) in [7, 11) is 0. The maximum atomic E-state index is 6.11. The average Bonchev–Trinajstić information content (AvgIpc) is 2.70. The van der Waals surface area contributed by atoms with E-state index in [9.17, 15) is 0 Å². The molecule has 1 aromatic heterocycles. The number of imidazole rings is 1. The van der Waals surface area contributed by atoms with Crippen molar-refractivity contribution >= 4 is 11.6 Å². The molecule has 0 bridgehead atoms. The molecule has 0 unspecified atom stereocenters. The maximum Gasteiger partial charge on any atom is 0.0951 e. The van der Waals surface area contributed by atoms with Crippen molar-refractivity contribution in [1.82, 2.24) is 9.55 Å². The zero-order valence-corrected chi connectivity index (χ0v) is 9.69. The van der Waals surface area contributed by atoms with E-state index in [1.165, 1.54) is 0 Å². The topological polar surface area (TPSA) is 43.8 Å². The summed E-state index contributed by atoms with van der Waals surface area (Å²) in [5.41, 5.74) is 7.78. The zero-order valence-electron chi connectivity index (χ0n) is 8.94. The Labute approximate surface area is 99.9 Å². The van der Waals surface area contributed by atoms with Gasteiger partial charge in [0.1, 0.15) is 0 Å². The van der Waals surface area contributed by atoms with Gasteiger partial charge in [-0.2, -0.15) is 0 Å². The van der Waals surface area contributed by atoms with Gasteiger partial charge < -0.3 is 10.3 Å². The first kappa shape index (κ1) is 11.2. The molecule has 2 N–H and O–H groups in total. The molecule has 1 heterocycles. The van der Waals surface area contributed by atoms with Crippen molar-refractivity contribution < 1.29 is 0 Å². The van der Waals surface area contributed by atoms with E-state index in [2.05, 4.69) is 9.55 Å². The minimum atomic E-state index is 0.633. The molecule has 0 aliphatic rings. The van der Waals surface area contributed by atoms with E-state index in [0.29, 0.717) is 6.54 Å². The molecule has 2 rings (SSSR count). The predicted octanol–water partition coefficient (Wildman–Crippen LogP) is 2.09. The van der Waals surface area contributed by atoms with Crippen LogP contribution in [0.1, 0.15) is 11.3 Å². The largest absolute Gasteiger partial charge is 0.330 e. The normalized spacial score (nSPS) is 10.6. The first-order valence-electron chi connectivity index (χ1n) is 5.23. The molecule has 0 fully saturated rings. The molecule has 0 saturated heterocycles. The third kappa shape index (κ3) is 2.43. The van der Waals surface area contributed by atoms with E-state index in [4.69, 9.17) is 17.3 Å². The van der Waals surface area contributed by atoms with Gasteiger partial charge in [0, 0.05) is 23.3 Å². The number of nitrogens with zero attached hydrogens (tertiary/aromatic N) is 2. The summed E-state index contributed by atoms with van der Waals surface area (Å²) < 4.78 is 2.08. The SMILES string of the molecule is NCCc1cncn1Cc1ccccc1Cl. The highest BCUT2D eigenvalue weighted by Gasteiger charge is 2.04. The summed E-state index contributed by atoms with van der Waals surface area (Å²) in [5, 5.41) is 0.787. The second-order valence-corrected chi connectivity index (χ2v) is 4.05. The Morgan fingerprint density at radius 2 is 2.12 bits per heavy atom. The van der Waals surface area contributed by atoms with E-state index in [1.807, 2.05) is 36.8 Å². The molecule has 0 saturated carbocycles. The maximum absolute atomic E-state index is 6.11. The predicted molar refractivity (Wildman–Crippen MR) is 65.5 cm³/mol. The fourth-order valence-corrected chi connectivity index (χ4v) is 1.85. The molecule has 16 heavy (non-hydrogen) atoms. The number of hydrogen-bond donors (Lipinski definition) is 1. The van der Waals surface area contributed by atoms with Gasteiger partial charge in [-0.15, -0.1) is 0 Å². The molecule has 0 aliphatic heterocycles. The van der Waals surface area contributed by atoms with E-state index in [-0.39, 0.29) is 0 Å². The molecule has 2 aromatic rings. The standard InChI is InChI=1S/C12H14ClN3/c13-12-4-2-1-3-10(12)8-16-9-15-7-11(16)5-6-14/h1-4,7,9H,5-6,8,14H2. The van der Waals surface area contributed by atoms with E-state index < -0.39 is 0 Å². The summed E-state index contributed by atoms with van der Waals surface area (Å²) in [6.45, 7) is 1.38. The Hall–Kier alpha value is -1.32. The minimum Gasteiger partial charge on any atom is -0.330 e. The Morgan fingerprint density at radius 1 is 1.31 bits per heavy atom. The van der Waals surface area contributed by atoms with Crippen LogP contribution in [0.3, 0.4) is 0 Å². The van der Waals surface area contributed by atoms with E-state index >= 15 is 0 Å². The lowest BCUT2D eigenvalue weighted by atomic mass is 10.2. The number of halogens is 1. The molecule has 4 heteroatoms. The summed E-state index contributed by atoms with van der Waals surface area (Å²) >= 11 is 6.11. The van der Waals surface area contributed by atoms with Gasteiger partial charge in [-0.1, -0.05) is 29.8 Å². The Kier molecular flexibility index (Phi) is 3.59. The van der Waals surface area contributed by atoms with Crippen molar-refractivity contribution in [3.05, 3.63) is 53.1 Å². The third-order valence-electron chi connectivity index (χ3n) is 2.50. The lowest BCUT2D eigenvalue weighted by Crippen LogP contribution is -2.09. The molecule has 3 nitrogen and oxygen atoms in total. The van der Waals surface area contributed by atoms with E-state index in [0.717, 1.165) is 29.2 Å². The summed E-state index contributed by atoms with van der Waals surface area (Å²) in [5.74, 6) is 0. The number of hydrogen-bond acceptors (Lipinski definition) is 2. The van der Waals surface area contributed by atoms with Crippen LogP contribution in [0.2, 0.25) is 5.02 Å². The molecule has 1 aromatic carbocycles. The van der Waals surface area contributed by atoms with Crippen LogP contribution in [0.15, 0.2) is 36.8 Å². The number of nitrogens with two attached hydrogens (primary N) is 1. The Bertz CT molecular complexity index is 465. The average molecular weight is 236 g/mol. The minimum absolute atomic E-state index is 0.633. The van der Waals surface area contributed by atoms with Crippen LogP contribution in [-0.2, 0) is 13.0 Å². The molecule has 0 radical (unpaired) electrons. The smallest absolute Gasteiger partial charge is 0.0951 e. The van der Waals surface area contributed by atoms with Crippen molar-refractivity contribution in [3.63, 3.8) is 0 Å². The van der Waals surface area contributed by atoms with Gasteiger partial charge in [0.05, 0.1) is 12.9 Å². The molecular weight excluding hydrogens is 222 g/mol. The second-order valence-electron chi connectivity index (χ2n) is 3.64. The highest BCUT2D eigenvalue weighted by molar-refractivity contribution is 6.31. The monoisotopic (exact) mass is 235 g/mol. The van der Waals surface area contributed by atoms with Gasteiger partial charge in [-0.05, 0) is 18.2 Å².